The molecule has 39 heavy (non-hydrogen) atoms. The third-order valence-corrected chi connectivity index (χ3v) is 7.59. The van der Waals surface area contributed by atoms with E-state index in [2.05, 4.69) is 31.1 Å². The largest absolute Gasteiger partial charge is 0.463 e. The molecule has 0 radical (unpaired) electrons. The number of aromatic nitrogens is 1. The highest BCUT2D eigenvalue weighted by Crippen LogP contribution is 2.37. The minimum Gasteiger partial charge on any atom is -0.463 e. The summed E-state index contributed by atoms with van der Waals surface area (Å²) in [5.74, 6) is -0.421. The third-order valence-electron chi connectivity index (χ3n) is 6.12. The van der Waals surface area contributed by atoms with Crippen molar-refractivity contribution in [1.29, 1.82) is 0 Å². The molecule has 2 aliphatic heterocycles. The van der Waals surface area contributed by atoms with Gasteiger partial charge in [0.1, 0.15) is 24.6 Å². The first-order valence-electron chi connectivity index (χ1n) is 12.8. The summed E-state index contributed by atoms with van der Waals surface area (Å²) in [5, 5.41) is 5.84. The van der Waals surface area contributed by atoms with Crippen LogP contribution in [-0.4, -0.2) is 73.2 Å². The Labute approximate surface area is 239 Å². The van der Waals surface area contributed by atoms with Gasteiger partial charge in [-0.3, -0.25) is 14.7 Å². The number of esters is 2. The molecular formula is C27H32BrFN4O5S. The normalized spacial score (nSPS) is 20.0. The van der Waals surface area contributed by atoms with E-state index in [1.54, 1.807) is 19.2 Å². The summed E-state index contributed by atoms with van der Waals surface area (Å²) in [5.41, 5.74) is 1.59. The third kappa shape index (κ3) is 7.71. The molecule has 0 saturated carbocycles. The van der Waals surface area contributed by atoms with Crippen molar-refractivity contribution in [1.82, 2.24) is 15.2 Å². The molecule has 2 aromatic rings. The number of ether oxygens (including phenoxy) is 3. The van der Waals surface area contributed by atoms with E-state index >= 15 is 0 Å². The molecule has 1 N–H and O–H groups in total. The van der Waals surface area contributed by atoms with Gasteiger partial charge in [0, 0.05) is 47.8 Å². The van der Waals surface area contributed by atoms with E-state index in [0.717, 1.165) is 0 Å². The second kappa shape index (κ2) is 13.6. The van der Waals surface area contributed by atoms with Crippen molar-refractivity contribution in [2.75, 3.05) is 39.5 Å². The molecule has 2 atom stereocenters. The van der Waals surface area contributed by atoms with Crippen LogP contribution in [0.3, 0.4) is 0 Å². The van der Waals surface area contributed by atoms with Gasteiger partial charge in [-0.1, -0.05) is 35.8 Å². The summed E-state index contributed by atoms with van der Waals surface area (Å²) in [6.45, 7) is 7.97. The number of aliphatic imine (C=N–C) groups is 1. The zero-order valence-electron chi connectivity index (χ0n) is 22.1. The molecule has 0 aliphatic carbocycles. The molecule has 1 saturated heterocycles. The van der Waals surface area contributed by atoms with Crippen molar-refractivity contribution in [3.05, 3.63) is 61.9 Å². The molecule has 210 valence electrons. The number of hydrogen-bond donors (Lipinski definition) is 1. The monoisotopic (exact) mass is 622 g/mol. The van der Waals surface area contributed by atoms with Gasteiger partial charge in [0.25, 0.3) is 0 Å². The average Bonchev–Trinajstić information content (AvgIpc) is 3.42. The van der Waals surface area contributed by atoms with Crippen LogP contribution in [0.5, 0.6) is 0 Å². The lowest BCUT2D eigenvalue weighted by molar-refractivity contribution is -0.151. The summed E-state index contributed by atoms with van der Waals surface area (Å²) in [6.07, 6.45) is 1.75. The fourth-order valence-corrected chi connectivity index (χ4v) is 5.55. The summed E-state index contributed by atoms with van der Waals surface area (Å²) in [7, 11) is 0. The zero-order valence-corrected chi connectivity index (χ0v) is 24.5. The topological polar surface area (TPSA) is 102 Å². The molecule has 0 spiro atoms. The van der Waals surface area contributed by atoms with Gasteiger partial charge in [-0.05, 0) is 30.5 Å². The van der Waals surface area contributed by atoms with Gasteiger partial charge < -0.3 is 19.5 Å². The molecule has 1 fully saturated rings. The first-order valence-corrected chi connectivity index (χ1v) is 14.5. The lowest BCUT2D eigenvalue weighted by Gasteiger charge is -2.35. The van der Waals surface area contributed by atoms with Crippen LogP contribution in [0.4, 0.5) is 4.39 Å². The first kappa shape index (κ1) is 29.3. The average molecular weight is 624 g/mol. The van der Waals surface area contributed by atoms with Gasteiger partial charge in [-0.25, -0.2) is 14.2 Å². The van der Waals surface area contributed by atoms with Gasteiger partial charge in [-0.15, -0.1) is 11.3 Å². The molecular weight excluding hydrogens is 591 g/mol. The number of nitrogens with one attached hydrogen (secondary N) is 1. The van der Waals surface area contributed by atoms with Crippen LogP contribution >= 0.6 is 27.3 Å². The van der Waals surface area contributed by atoms with Crippen LogP contribution in [0, 0.1) is 11.7 Å². The Bertz CT molecular complexity index is 1240. The van der Waals surface area contributed by atoms with Crippen LogP contribution in [0.15, 0.2) is 50.5 Å². The standard InChI is InChI=1S/C27H32BrFN4O5S/c1-4-36-27(35)23-21(14-33-8-9-37-18(13-33)15-38-22(34)11-16(2)3)31-25(26-30-7-10-39-26)32-24(23)19-6-5-17(29)12-20(19)28/h5-7,10,12,16,18,24H,4,8-9,11,13-15H2,1-3H3,(H,31,32). The molecule has 1 aromatic heterocycles. The van der Waals surface area contributed by atoms with E-state index in [9.17, 15) is 14.0 Å². The van der Waals surface area contributed by atoms with Gasteiger partial charge in [0.2, 0.25) is 0 Å². The van der Waals surface area contributed by atoms with Crippen LogP contribution < -0.4 is 5.32 Å². The van der Waals surface area contributed by atoms with Crippen molar-refractivity contribution < 1.29 is 28.2 Å². The molecule has 12 heteroatoms. The summed E-state index contributed by atoms with van der Waals surface area (Å²) in [4.78, 5) is 36.8. The molecule has 1 aromatic carbocycles. The van der Waals surface area contributed by atoms with Crippen molar-refractivity contribution >= 4 is 45.0 Å². The van der Waals surface area contributed by atoms with E-state index in [-0.39, 0.29) is 31.2 Å². The van der Waals surface area contributed by atoms with Gasteiger partial charge in [0.15, 0.2) is 10.8 Å². The number of carbonyl (C=O) groups is 2. The first-order chi connectivity index (χ1) is 18.7. The number of nitrogens with zero attached hydrogens (tertiary/aromatic N) is 3. The SMILES string of the molecule is CCOC(=O)C1=C(CN2CCOC(COC(=O)CC(C)C)C2)NC(c2nccs2)=NC1c1ccc(F)cc1Br. The van der Waals surface area contributed by atoms with E-state index in [1.165, 1.54) is 23.5 Å². The molecule has 0 bridgehead atoms. The van der Waals surface area contributed by atoms with Crippen LogP contribution in [-0.2, 0) is 23.8 Å². The Morgan fingerprint density at radius 2 is 2.15 bits per heavy atom. The second-order valence-electron chi connectivity index (χ2n) is 9.63. The minimum absolute atomic E-state index is 0.163. The number of amidine groups is 1. The van der Waals surface area contributed by atoms with E-state index in [0.29, 0.717) is 64.8 Å². The van der Waals surface area contributed by atoms with E-state index in [4.69, 9.17) is 19.2 Å². The lowest BCUT2D eigenvalue weighted by Crippen LogP contribution is -2.48. The number of halogens is 2. The molecule has 9 nitrogen and oxygen atoms in total. The highest BCUT2D eigenvalue weighted by molar-refractivity contribution is 9.10. The highest BCUT2D eigenvalue weighted by atomic mass is 79.9. The lowest BCUT2D eigenvalue weighted by atomic mass is 9.95. The van der Waals surface area contributed by atoms with Gasteiger partial charge in [-0.2, -0.15) is 0 Å². The maximum atomic E-state index is 13.9. The summed E-state index contributed by atoms with van der Waals surface area (Å²) < 4.78 is 31.2. The Kier molecular flexibility index (Phi) is 10.2. The zero-order chi connectivity index (χ0) is 27.9. The Balaban J connectivity index is 1.63. The van der Waals surface area contributed by atoms with Gasteiger partial charge in [0.05, 0.1) is 18.8 Å². The fourth-order valence-electron chi connectivity index (χ4n) is 4.39. The predicted molar refractivity (Wildman–Crippen MR) is 149 cm³/mol. The predicted octanol–water partition coefficient (Wildman–Crippen LogP) is 4.24. The van der Waals surface area contributed by atoms with Crippen molar-refractivity contribution in [2.24, 2.45) is 10.9 Å². The Morgan fingerprint density at radius 3 is 2.85 bits per heavy atom. The van der Waals surface area contributed by atoms with Crippen molar-refractivity contribution in [3.63, 3.8) is 0 Å². The van der Waals surface area contributed by atoms with Crippen molar-refractivity contribution in [2.45, 2.75) is 39.3 Å². The highest BCUT2D eigenvalue weighted by Gasteiger charge is 2.35. The number of hydrogen-bond acceptors (Lipinski definition) is 10. The summed E-state index contributed by atoms with van der Waals surface area (Å²) >= 11 is 4.87. The van der Waals surface area contributed by atoms with Crippen LogP contribution in [0.25, 0.3) is 0 Å². The van der Waals surface area contributed by atoms with E-state index < -0.39 is 17.8 Å². The summed E-state index contributed by atoms with van der Waals surface area (Å²) in [6, 6.07) is 3.57. The van der Waals surface area contributed by atoms with Crippen LogP contribution in [0.2, 0.25) is 0 Å². The molecule has 4 rings (SSSR count). The maximum Gasteiger partial charge on any atom is 0.338 e. The van der Waals surface area contributed by atoms with Gasteiger partial charge >= 0.3 is 11.9 Å². The smallest absolute Gasteiger partial charge is 0.338 e. The molecule has 2 aliphatic rings. The second-order valence-corrected chi connectivity index (χ2v) is 11.4. The number of carbonyl (C=O) groups excluding carboxylic acids is 2. The van der Waals surface area contributed by atoms with E-state index in [1.807, 2.05) is 19.2 Å². The maximum absolute atomic E-state index is 13.9. The Morgan fingerprint density at radius 1 is 1.33 bits per heavy atom. The molecule has 3 heterocycles. The fraction of sp³-hybridized carbons (Fsp3) is 0.481. The number of thiazole rings is 1. The number of morpholine rings is 1. The molecule has 2 unspecified atom stereocenters. The molecule has 0 amide bonds. The van der Waals surface area contributed by atoms with Crippen molar-refractivity contribution in [3.8, 4) is 0 Å². The quantitative estimate of drug-likeness (QED) is 0.393. The van der Waals surface area contributed by atoms with Crippen LogP contribution in [0.1, 0.15) is 43.8 Å². The minimum atomic E-state index is -0.747. The Hall–Kier alpha value is -2.67. The number of rotatable bonds is 10. The number of benzene rings is 1.